The van der Waals surface area contributed by atoms with Crippen LogP contribution in [0.15, 0.2) is 0 Å². The van der Waals surface area contributed by atoms with E-state index in [4.69, 9.17) is 4.74 Å². The molecule has 0 aromatic heterocycles. The largest absolute Gasteiger partial charge is 0.381 e. The van der Waals surface area contributed by atoms with E-state index in [1.54, 1.807) is 0 Å². The molecule has 0 N–H and O–H groups in total. The first kappa shape index (κ1) is 10.4. The van der Waals surface area contributed by atoms with Crippen molar-refractivity contribution < 1.29 is 4.74 Å². The molecule has 0 radical (unpaired) electrons. The van der Waals surface area contributed by atoms with E-state index in [0.717, 1.165) is 19.3 Å². The Balaban J connectivity index is 1.97. The van der Waals surface area contributed by atoms with Gasteiger partial charge in [0.15, 0.2) is 0 Å². The van der Waals surface area contributed by atoms with Crippen LogP contribution >= 0.6 is 0 Å². The molecule has 0 unspecified atom stereocenters. The van der Waals surface area contributed by atoms with Gasteiger partial charge in [-0.2, -0.15) is 0 Å². The zero-order valence-electron chi connectivity index (χ0n) is 9.59. The second kappa shape index (κ2) is 4.19. The molecule has 2 fully saturated rings. The summed E-state index contributed by atoms with van der Waals surface area (Å²) in [6, 6.07) is 0.718. The first-order valence-corrected chi connectivity index (χ1v) is 6.04. The Morgan fingerprint density at radius 3 is 2.50 bits per heavy atom. The van der Waals surface area contributed by atoms with Gasteiger partial charge in [-0.3, -0.25) is 0 Å². The zero-order valence-corrected chi connectivity index (χ0v) is 9.59. The lowest BCUT2D eigenvalue weighted by Crippen LogP contribution is -2.48. The second-order valence-electron chi connectivity index (χ2n) is 5.28. The van der Waals surface area contributed by atoms with E-state index in [9.17, 15) is 0 Å². The second-order valence-corrected chi connectivity index (χ2v) is 5.28. The summed E-state index contributed by atoms with van der Waals surface area (Å²) in [5.74, 6) is 0. The number of ether oxygens (including phenoxy) is 1. The molecule has 0 bridgehead atoms. The molecule has 14 heavy (non-hydrogen) atoms. The maximum absolute atomic E-state index is 5.47. The van der Waals surface area contributed by atoms with Gasteiger partial charge < -0.3 is 9.64 Å². The fourth-order valence-electron chi connectivity index (χ4n) is 2.90. The van der Waals surface area contributed by atoms with Gasteiger partial charge in [0.2, 0.25) is 0 Å². The molecular formula is C12H23NO. The van der Waals surface area contributed by atoms with Crippen LogP contribution < -0.4 is 0 Å². The molecule has 0 aliphatic carbocycles. The molecule has 2 heterocycles. The highest BCUT2D eigenvalue weighted by Gasteiger charge is 2.37. The Kier molecular flexibility index (Phi) is 3.13. The molecule has 2 aliphatic heterocycles. The number of nitrogens with zero attached hydrogens (tertiary/aromatic N) is 1. The van der Waals surface area contributed by atoms with Crippen LogP contribution in [0.2, 0.25) is 0 Å². The van der Waals surface area contributed by atoms with Gasteiger partial charge in [-0.1, -0.05) is 0 Å². The molecule has 0 aromatic carbocycles. The summed E-state index contributed by atoms with van der Waals surface area (Å²) in [6.07, 6.45) is 5.39. The van der Waals surface area contributed by atoms with Crippen LogP contribution in [-0.2, 0) is 4.74 Å². The third-order valence-corrected chi connectivity index (χ3v) is 3.97. The predicted octanol–water partition coefficient (Wildman–Crippen LogP) is 2.29. The maximum Gasteiger partial charge on any atom is 0.0471 e. The van der Waals surface area contributed by atoms with E-state index in [1.807, 2.05) is 0 Å². The Morgan fingerprint density at radius 1 is 1.14 bits per heavy atom. The van der Waals surface area contributed by atoms with Crippen LogP contribution in [0.1, 0.15) is 39.5 Å². The molecule has 2 nitrogen and oxygen atoms in total. The van der Waals surface area contributed by atoms with Crippen molar-refractivity contribution in [1.82, 2.24) is 4.90 Å². The van der Waals surface area contributed by atoms with Gasteiger partial charge in [-0.05, 0) is 51.5 Å². The molecule has 2 heteroatoms. The number of likely N-dealkylation sites (tertiary alicyclic amines) is 1. The summed E-state index contributed by atoms with van der Waals surface area (Å²) in [5.41, 5.74) is 0.612. The topological polar surface area (TPSA) is 12.5 Å². The SMILES string of the molecule is CC(C)N1CCCC2(CCOCC2)C1. The zero-order chi connectivity index (χ0) is 10.0. The first-order chi connectivity index (χ1) is 6.72. The molecule has 0 amide bonds. The standard InChI is InChI=1S/C12H23NO/c1-11(2)13-7-3-4-12(10-13)5-8-14-9-6-12/h11H,3-10H2,1-2H3. The fraction of sp³-hybridized carbons (Fsp3) is 1.00. The van der Waals surface area contributed by atoms with Crippen molar-refractivity contribution in [2.45, 2.75) is 45.6 Å². The lowest BCUT2D eigenvalue weighted by atomic mass is 9.73. The van der Waals surface area contributed by atoms with Crippen molar-refractivity contribution in [3.63, 3.8) is 0 Å². The molecule has 0 atom stereocenters. The van der Waals surface area contributed by atoms with Crippen LogP contribution in [0.5, 0.6) is 0 Å². The average molecular weight is 197 g/mol. The summed E-state index contributed by atoms with van der Waals surface area (Å²) >= 11 is 0. The minimum absolute atomic E-state index is 0.612. The number of piperidine rings is 1. The van der Waals surface area contributed by atoms with Crippen LogP contribution in [0.3, 0.4) is 0 Å². The van der Waals surface area contributed by atoms with Gasteiger partial charge in [0.05, 0.1) is 0 Å². The van der Waals surface area contributed by atoms with Gasteiger partial charge in [0, 0.05) is 25.8 Å². The van der Waals surface area contributed by atoms with E-state index in [0.29, 0.717) is 5.41 Å². The first-order valence-electron chi connectivity index (χ1n) is 6.04. The van der Waals surface area contributed by atoms with Crippen molar-refractivity contribution >= 4 is 0 Å². The predicted molar refractivity (Wildman–Crippen MR) is 58.4 cm³/mol. The minimum Gasteiger partial charge on any atom is -0.381 e. The van der Waals surface area contributed by atoms with Crippen LogP contribution in [0, 0.1) is 5.41 Å². The summed E-state index contributed by atoms with van der Waals surface area (Å²) in [7, 11) is 0. The van der Waals surface area contributed by atoms with Gasteiger partial charge in [-0.15, -0.1) is 0 Å². The fourth-order valence-corrected chi connectivity index (χ4v) is 2.90. The van der Waals surface area contributed by atoms with Gasteiger partial charge in [0.25, 0.3) is 0 Å². The number of hydrogen-bond donors (Lipinski definition) is 0. The quantitative estimate of drug-likeness (QED) is 0.639. The molecule has 0 aromatic rings. The van der Waals surface area contributed by atoms with Gasteiger partial charge in [-0.25, -0.2) is 0 Å². The number of rotatable bonds is 1. The van der Waals surface area contributed by atoms with E-state index in [-0.39, 0.29) is 0 Å². The van der Waals surface area contributed by atoms with Gasteiger partial charge in [0.1, 0.15) is 0 Å². The van der Waals surface area contributed by atoms with Crippen molar-refractivity contribution in [2.75, 3.05) is 26.3 Å². The highest BCUT2D eigenvalue weighted by Crippen LogP contribution is 2.39. The average Bonchev–Trinajstić information content (AvgIpc) is 2.19. The molecule has 2 rings (SSSR count). The Hall–Kier alpha value is -0.0800. The molecule has 2 aliphatic rings. The third kappa shape index (κ3) is 2.12. The van der Waals surface area contributed by atoms with Crippen molar-refractivity contribution in [2.24, 2.45) is 5.41 Å². The summed E-state index contributed by atoms with van der Waals surface area (Å²) in [6.45, 7) is 9.24. The highest BCUT2D eigenvalue weighted by atomic mass is 16.5. The van der Waals surface area contributed by atoms with Gasteiger partial charge >= 0.3 is 0 Å². The highest BCUT2D eigenvalue weighted by molar-refractivity contribution is 4.89. The van der Waals surface area contributed by atoms with Crippen molar-refractivity contribution in [3.8, 4) is 0 Å². The lowest BCUT2D eigenvalue weighted by molar-refractivity contribution is -0.0339. The van der Waals surface area contributed by atoms with E-state index in [1.165, 1.54) is 38.8 Å². The van der Waals surface area contributed by atoms with Crippen LogP contribution in [0.4, 0.5) is 0 Å². The van der Waals surface area contributed by atoms with Crippen molar-refractivity contribution in [1.29, 1.82) is 0 Å². The Bertz CT molecular complexity index is 179. The molecule has 82 valence electrons. The Morgan fingerprint density at radius 2 is 1.86 bits per heavy atom. The van der Waals surface area contributed by atoms with Crippen LogP contribution in [-0.4, -0.2) is 37.2 Å². The summed E-state index contributed by atoms with van der Waals surface area (Å²) < 4.78 is 5.47. The normalized spacial score (nSPS) is 28.5. The summed E-state index contributed by atoms with van der Waals surface area (Å²) in [5, 5.41) is 0. The van der Waals surface area contributed by atoms with E-state index in [2.05, 4.69) is 18.7 Å². The molecule has 0 saturated carbocycles. The minimum atomic E-state index is 0.612. The monoisotopic (exact) mass is 197 g/mol. The molecule has 1 spiro atoms. The molecular weight excluding hydrogens is 174 g/mol. The number of hydrogen-bond acceptors (Lipinski definition) is 2. The maximum atomic E-state index is 5.47. The van der Waals surface area contributed by atoms with Crippen LogP contribution in [0.25, 0.3) is 0 Å². The third-order valence-electron chi connectivity index (χ3n) is 3.97. The Labute approximate surface area is 87.6 Å². The smallest absolute Gasteiger partial charge is 0.0471 e. The van der Waals surface area contributed by atoms with Crippen molar-refractivity contribution in [3.05, 3.63) is 0 Å². The summed E-state index contributed by atoms with van der Waals surface area (Å²) in [4.78, 5) is 2.65. The molecule has 2 saturated heterocycles. The van der Waals surface area contributed by atoms with E-state index >= 15 is 0 Å². The van der Waals surface area contributed by atoms with E-state index < -0.39 is 0 Å². The lowest BCUT2D eigenvalue weighted by Gasteiger charge is -2.46.